The van der Waals surface area contributed by atoms with Crippen LogP contribution in [0.15, 0.2) is 60.7 Å². The smallest absolute Gasteiger partial charge is 0.248 e. The fraction of sp³-hybridized carbons (Fsp3) is 0.296. The molecular formula is C27H30FN5O2. The number of halogens is 1. The maximum Gasteiger partial charge on any atom is 0.248 e. The summed E-state index contributed by atoms with van der Waals surface area (Å²) in [7, 11) is 3.86. The average Bonchev–Trinajstić information content (AvgIpc) is 3.58. The monoisotopic (exact) mass is 475 g/mol. The molecule has 1 aliphatic rings. The zero-order chi connectivity index (χ0) is 24.9. The molecule has 1 aliphatic carbocycles. The molecule has 7 nitrogen and oxygen atoms in total. The number of benzene rings is 2. The van der Waals surface area contributed by atoms with Crippen LogP contribution in [-0.2, 0) is 9.59 Å². The first kappa shape index (κ1) is 24.3. The Labute approximate surface area is 204 Å². The summed E-state index contributed by atoms with van der Waals surface area (Å²) in [6.45, 7) is 2.35. The van der Waals surface area contributed by atoms with Crippen LogP contribution in [0.3, 0.4) is 0 Å². The summed E-state index contributed by atoms with van der Waals surface area (Å²) in [6, 6.07) is 13.9. The highest BCUT2D eigenvalue weighted by Crippen LogP contribution is 2.39. The standard InChI is InChI=1S/C27H30FN5O2/c1-17(27(35)30-25-16-24(31-32-25)19-6-7-19)22-15-20(10-13-23(22)28)18-8-11-21(12-9-18)29-26(34)5-4-14-33(2)3/h4-5,8-13,15-17,19H,6-7,14H2,1-3H3,(H,29,34)(H2,30,31,32,35)/b5-4+. The molecule has 8 heteroatoms. The first-order valence-corrected chi connectivity index (χ1v) is 11.7. The molecule has 0 bridgehead atoms. The lowest BCUT2D eigenvalue weighted by molar-refractivity contribution is -0.117. The number of anilines is 2. The lowest BCUT2D eigenvalue weighted by Gasteiger charge is -2.14. The minimum Gasteiger partial charge on any atom is -0.323 e. The molecule has 182 valence electrons. The lowest BCUT2D eigenvalue weighted by atomic mass is 9.95. The molecule has 0 saturated heterocycles. The first-order chi connectivity index (χ1) is 16.8. The van der Waals surface area contributed by atoms with E-state index in [1.54, 1.807) is 37.3 Å². The molecule has 35 heavy (non-hydrogen) atoms. The van der Waals surface area contributed by atoms with Crippen molar-refractivity contribution in [1.82, 2.24) is 15.1 Å². The van der Waals surface area contributed by atoms with Gasteiger partial charge in [-0.2, -0.15) is 5.10 Å². The second-order valence-electron chi connectivity index (χ2n) is 9.16. The molecule has 1 saturated carbocycles. The van der Waals surface area contributed by atoms with Crippen molar-refractivity contribution in [2.45, 2.75) is 31.6 Å². The highest BCUT2D eigenvalue weighted by molar-refractivity contribution is 5.99. The van der Waals surface area contributed by atoms with Gasteiger partial charge in [-0.05, 0) is 69.3 Å². The number of nitrogens with zero attached hydrogens (tertiary/aromatic N) is 2. The van der Waals surface area contributed by atoms with E-state index in [0.717, 1.165) is 29.7 Å². The number of likely N-dealkylation sites (N-methyl/N-ethyl adjacent to an activating group) is 1. The van der Waals surface area contributed by atoms with Crippen LogP contribution in [0.1, 0.15) is 42.9 Å². The van der Waals surface area contributed by atoms with Gasteiger partial charge in [0.25, 0.3) is 0 Å². The van der Waals surface area contributed by atoms with Crippen LogP contribution in [0.2, 0.25) is 0 Å². The second-order valence-corrected chi connectivity index (χ2v) is 9.16. The van der Waals surface area contributed by atoms with Gasteiger partial charge in [0.05, 0.1) is 5.92 Å². The Balaban J connectivity index is 1.42. The van der Waals surface area contributed by atoms with Crippen molar-refractivity contribution in [3.8, 4) is 11.1 Å². The summed E-state index contributed by atoms with van der Waals surface area (Å²) in [5.41, 5.74) is 3.61. The minimum absolute atomic E-state index is 0.204. The van der Waals surface area contributed by atoms with E-state index < -0.39 is 11.7 Å². The Kier molecular flexibility index (Phi) is 7.41. The summed E-state index contributed by atoms with van der Waals surface area (Å²) in [4.78, 5) is 26.8. The molecule has 1 unspecified atom stereocenters. The Morgan fingerprint density at radius 3 is 2.51 bits per heavy atom. The van der Waals surface area contributed by atoms with Gasteiger partial charge in [-0.3, -0.25) is 14.7 Å². The number of amides is 2. The normalized spacial score (nSPS) is 14.3. The van der Waals surface area contributed by atoms with E-state index in [1.165, 1.54) is 12.1 Å². The maximum absolute atomic E-state index is 14.7. The molecule has 3 aromatic rings. The summed E-state index contributed by atoms with van der Waals surface area (Å²) < 4.78 is 14.7. The zero-order valence-corrected chi connectivity index (χ0v) is 20.1. The molecule has 4 rings (SSSR count). The van der Waals surface area contributed by atoms with E-state index in [-0.39, 0.29) is 11.8 Å². The van der Waals surface area contributed by atoms with E-state index in [0.29, 0.717) is 29.5 Å². The number of nitrogens with one attached hydrogen (secondary N) is 3. The van der Waals surface area contributed by atoms with Crippen molar-refractivity contribution >= 4 is 23.3 Å². The second kappa shape index (κ2) is 10.7. The van der Waals surface area contributed by atoms with E-state index in [1.807, 2.05) is 37.2 Å². The average molecular weight is 476 g/mol. The minimum atomic E-state index is -0.705. The van der Waals surface area contributed by atoms with Crippen LogP contribution >= 0.6 is 0 Å². The van der Waals surface area contributed by atoms with E-state index in [2.05, 4.69) is 20.8 Å². The van der Waals surface area contributed by atoms with Gasteiger partial charge in [0.15, 0.2) is 5.82 Å². The molecule has 3 N–H and O–H groups in total. The Hall–Kier alpha value is -3.78. The number of hydrogen-bond acceptors (Lipinski definition) is 4. The van der Waals surface area contributed by atoms with Gasteiger partial charge in [0.1, 0.15) is 5.82 Å². The van der Waals surface area contributed by atoms with Crippen molar-refractivity contribution in [3.05, 3.63) is 77.8 Å². The van der Waals surface area contributed by atoms with Gasteiger partial charge < -0.3 is 15.5 Å². The molecule has 0 aliphatic heterocycles. The quantitative estimate of drug-likeness (QED) is 0.384. The Morgan fingerprint density at radius 1 is 1.11 bits per heavy atom. The molecular weight excluding hydrogens is 445 g/mol. The van der Waals surface area contributed by atoms with Crippen molar-refractivity contribution in [2.75, 3.05) is 31.3 Å². The predicted octanol–water partition coefficient (Wildman–Crippen LogP) is 4.89. The van der Waals surface area contributed by atoms with Gasteiger partial charge in [0.2, 0.25) is 11.8 Å². The molecule has 0 radical (unpaired) electrons. The fourth-order valence-corrected chi connectivity index (χ4v) is 3.74. The number of aromatic nitrogens is 2. The molecule has 2 aromatic carbocycles. The van der Waals surface area contributed by atoms with E-state index in [4.69, 9.17) is 0 Å². The third kappa shape index (κ3) is 6.42. The largest absolute Gasteiger partial charge is 0.323 e. The van der Waals surface area contributed by atoms with Gasteiger partial charge in [0, 0.05) is 41.5 Å². The van der Waals surface area contributed by atoms with Crippen LogP contribution in [0.5, 0.6) is 0 Å². The topological polar surface area (TPSA) is 90.1 Å². The zero-order valence-electron chi connectivity index (χ0n) is 20.1. The highest BCUT2D eigenvalue weighted by Gasteiger charge is 2.26. The Bertz CT molecular complexity index is 1230. The van der Waals surface area contributed by atoms with Crippen molar-refractivity contribution < 1.29 is 14.0 Å². The third-order valence-corrected chi connectivity index (χ3v) is 5.95. The fourth-order valence-electron chi connectivity index (χ4n) is 3.74. The molecule has 1 fully saturated rings. The van der Waals surface area contributed by atoms with Crippen LogP contribution in [0, 0.1) is 5.82 Å². The molecule has 1 aromatic heterocycles. The molecule has 2 amide bonds. The lowest BCUT2D eigenvalue weighted by Crippen LogP contribution is -2.20. The van der Waals surface area contributed by atoms with Crippen molar-refractivity contribution in [3.63, 3.8) is 0 Å². The van der Waals surface area contributed by atoms with Gasteiger partial charge >= 0.3 is 0 Å². The van der Waals surface area contributed by atoms with Gasteiger partial charge in [-0.25, -0.2) is 4.39 Å². The number of rotatable bonds is 9. The highest BCUT2D eigenvalue weighted by atomic mass is 19.1. The predicted molar refractivity (Wildman–Crippen MR) is 136 cm³/mol. The number of hydrogen-bond donors (Lipinski definition) is 3. The first-order valence-electron chi connectivity index (χ1n) is 11.7. The van der Waals surface area contributed by atoms with E-state index in [9.17, 15) is 14.0 Å². The number of carbonyl (C=O) groups is 2. The summed E-state index contributed by atoms with van der Waals surface area (Å²) >= 11 is 0. The maximum atomic E-state index is 14.7. The summed E-state index contributed by atoms with van der Waals surface area (Å²) in [5, 5.41) is 12.7. The van der Waals surface area contributed by atoms with Gasteiger partial charge in [-0.1, -0.05) is 24.3 Å². The Morgan fingerprint density at radius 2 is 1.83 bits per heavy atom. The number of carbonyl (C=O) groups excluding carboxylic acids is 2. The van der Waals surface area contributed by atoms with Crippen LogP contribution < -0.4 is 10.6 Å². The third-order valence-electron chi connectivity index (χ3n) is 5.95. The summed E-state index contributed by atoms with van der Waals surface area (Å²) in [6.07, 6.45) is 5.55. The number of H-pyrrole nitrogens is 1. The molecule has 1 atom stereocenters. The van der Waals surface area contributed by atoms with Crippen LogP contribution in [0.4, 0.5) is 15.9 Å². The summed E-state index contributed by atoms with van der Waals surface area (Å²) in [5.74, 6) is -0.720. The van der Waals surface area contributed by atoms with Crippen LogP contribution in [-0.4, -0.2) is 47.6 Å². The van der Waals surface area contributed by atoms with Crippen molar-refractivity contribution in [2.24, 2.45) is 0 Å². The SMILES string of the molecule is CC(C(=O)Nc1cc(C2CC2)[nH]n1)c1cc(-c2ccc(NC(=O)/C=C/CN(C)C)cc2)ccc1F. The van der Waals surface area contributed by atoms with Crippen LogP contribution in [0.25, 0.3) is 11.1 Å². The van der Waals surface area contributed by atoms with Crippen molar-refractivity contribution in [1.29, 1.82) is 0 Å². The molecule has 1 heterocycles. The van der Waals surface area contributed by atoms with Gasteiger partial charge in [-0.15, -0.1) is 0 Å². The number of aromatic amines is 1. The molecule has 0 spiro atoms. The van der Waals surface area contributed by atoms with E-state index >= 15 is 0 Å².